The highest BCUT2D eigenvalue weighted by atomic mass is 32.2. The summed E-state index contributed by atoms with van der Waals surface area (Å²) in [6, 6.07) is 14.8. The minimum absolute atomic E-state index is 0.284. The Bertz CT molecular complexity index is 1660. The SMILES string of the molecule is CS(=O)(=O)c1cccc(-c2cccc3[nH]c(C4(N)CCN(c5ncnc6[nH]ccc56)CC4)nc23)c1. The second-order valence-electron chi connectivity index (χ2n) is 9.17. The van der Waals surface area contributed by atoms with Crippen LogP contribution in [0.5, 0.6) is 0 Å². The van der Waals surface area contributed by atoms with Crippen LogP contribution in [0.25, 0.3) is 33.2 Å². The summed E-state index contributed by atoms with van der Waals surface area (Å²) in [7, 11) is -3.31. The molecule has 5 aromatic rings. The topological polar surface area (TPSA) is 134 Å². The van der Waals surface area contributed by atoms with E-state index < -0.39 is 15.4 Å². The van der Waals surface area contributed by atoms with Gasteiger partial charge >= 0.3 is 0 Å². The maximum absolute atomic E-state index is 12.1. The number of piperidine rings is 1. The van der Waals surface area contributed by atoms with Gasteiger partial charge in [0.15, 0.2) is 9.84 Å². The number of imidazole rings is 1. The monoisotopic (exact) mass is 487 g/mol. The normalized spacial score (nSPS) is 16.2. The number of para-hydroxylation sites is 1. The molecule has 9 nitrogen and oxygen atoms in total. The highest BCUT2D eigenvalue weighted by Gasteiger charge is 2.36. The summed E-state index contributed by atoms with van der Waals surface area (Å²) in [6.45, 7) is 1.49. The number of H-pyrrole nitrogens is 2. The molecule has 178 valence electrons. The lowest BCUT2D eigenvalue weighted by atomic mass is 9.88. The van der Waals surface area contributed by atoms with Gasteiger partial charge in [0.25, 0.3) is 0 Å². The first-order chi connectivity index (χ1) is 16.8. The average molecular weight is 488 g/mol. The van der Waals surface area contributed by atoms with E-state index >= 15 is 0 Å². The van der Waals surface area contributed by atoms with Gasteiger partial charge in [-0.05, 0) is 42.7 Å². The van der Waals surface area contributed by atoms with Crippen LogP contribution >= 0.6 is 0 Å². The number of fused-ring (bicyclic) bond motifs is 2. The molecule has 0 spiro atoms. The van der Waals surface area contributed by atoms with Crippen molar-refractivity contribution in [2.24, 2.45) is 5.73 Å². The van der Waals surface area contributed by atoms with E-state index in [9.17, 15) is 8.42 Å². The first-order valence-corrected chi connectivity index (χ1v) is 13.3. The van der Waals surface area contributed by atoms with E-state index in [2.05, 4.69) is 24.8 Å². The first kappa shape index (κ1) is 21.8. The Balaban J connectivity index is 1.32. The minimum Gasteiger partial charge on any atom is -0.356 e. The van der Waals surface area contributed by atoms with Crippen molar-refractivity contribution in [2.75, 3.05) is 24.2 Å². The van der Waals surface area contributed by atoms with Gasteiger partial charge < -0.3 is 20.6 Å². The number of benzene rings is 2. The zero-order chi connectivity index (χ0) is 24.2. The molecule has 1 saturated heterocycles. The Morgan fingerprint density at radius 1 is 1.06 bits per heavy atom. The van der Waals surface area contributed by atoms with Gasteiger partial charge in [-0.15, -0.1) is 0 Å². The highest BCUT2D eigenvalue weighted by Crippen LogP contribution is 2.35. The molecule has 0 saturated carbocycles. The smallest absolute Gasteiger partial charge is 0.175 e. The number of hydrogen-bond donors (Lipinski definition) is 3. The van der Waals surface area contributed by atoms with Crippen LogP contribution in [0.4, 0.5) is 5.82 Å². The number of nitrogens with one attached hydrogen (secondary N) is 2. The number of nitrogens with two attached hydrogens (primary N) is 1. The zero-order valence-corrected chi connectivity index (χ0v) is 20.0. The zero-order valence-electron chi connectivity index (χ0n) is 19.2. The molecule has 0 radical (unpaired) electrons. The van der Waals surface area contributed by atoms with Crippen molar-refractivity contribution in [2.45, 2.75) is 23.3 Å². The van der Waals surface area contributed by atoms with Crippen molar-refractivity contribution in [3.8, 4) is 11.1 Å². The van der Waals surface area contributed by atoms with Crippen LogP contribution in [0.1, 0.15) is 18.7 Å². The Hall–Kier alpha value is -3.76. The second kappa shape index (κ2) is 7.89. The van der Waals surface area contributed by atoms with Crippen molar-refractivity contribution in [1.82, 2.24) is 24.9 Å². The predicted octanol–water partition coefficient (Wildman–Crippen LogP) is 3.36. The number of anilines is 1. The van der Waals surface area contributed by atoms with Gasteiger partial charge in [-0.25, -0.2) is 23.4 Å². The van der Waals surface area contributed by atoms with Gasteiger partial charge in [0, 0.05) is 31.1 Å². The first-order valence-electron chi connectivity index (χ1n) is 11.4. The van der Waals surface area contributed by atoms with E-state index in [0.29, 0.717) is 12.8 Å². The molecular weight excluding hydrogens is 462 g/mol. The van der Waals surface area contributed by atoms with Crippen molar-refractivity contribution in [3.05, 3.63) is 66.9 Å². The van der Waals surface area contributed by atoms with Crippen LogP contribution in [0.3, 0.4) is 0 Å². The van der Waals surface area contributed by atoms with Gasteiger partial charge in [0.1, 0.15) is 23.6 Å². The Morgan fingerprint density at radius 2 is 1.86 bits per heavy atom. The molecule has 0 atom stereocenters. The molecule has 1 aliphatic heterocycles. The molecule has 35 heavy (non-hydrogen) atoms. The van der Waals surface area contributed by atoms with Gasteiger partial charge in [0.05, 0.1) is 26.9 Å². The average Bonchev–Trinajstić information content (AvgIpc) is 3.51. The molecule has 1 aliphatic rings. The summed E-state index contributed by atoms with van der Waals surface area (Å²) < 4.78 is 24.1. The number of hydrogen-bond acceptors (Lipinski definition) is 7. The molecule has 3 aromatic heterocycles. The lowest BCUT2D eigenvalue weighted by Gasteiger charge is -2.38. The maximum Gasteiger partial charge on any atom is 0.175 e. The van der Waals surface area contributed by atoms with Crippen molar-refractivity contribution in [1.29, 1.82) is 0 Å². The molecule has 1 fully saturated rings. The summed E-state index contributed by atoms with van der Waals surface area (Å²) in [5.41, 5.74) is 10.5. The number of nitrogens with zero attached hydrogens (tertiary/aromatic N) is 4. The van der Waals surface area contributed by atoms with Gasteiger partial charge in [0.2, 0.25) is 0 Å². The third-order valence-corrected chi connectivity index (χ3v) is 7.96. The minimum atomic E-state index is -3.31. The van der Waals surface area contributed by atoms with Crippen molar-refractivity contribution < 1.29 is 8.42 Å². The van der Waals surface area contributed by atoms with Gasteiger partial charge in [-0.3, -0.25) is 0 Å². The van der Waals surface area contributed by atoms with Crippen LogP contribution < -0.4 is 10.6 Å². The van der Waals surface area contributed by atoms with Crippen molar-refractivity contribution in [3.63, 3.8) is 0 Å². The van der Waals surface area contributed by atoms with E-state index in [1.165, 1.54) is 6.26 Å². The Morgan fingerprint density at radius 3 is 2.66 bits per heavy atom. The summed E-state index contributed by atoms with van der Waals surface area (Å²) in [5.74, 6) is 1.66. The van der Waals surface area contributed by atoms with E-state index in [1.807, 2.05) is 36.5 Å². The van der Waals surface area contributed by atoms with E-state index in [0.717, 1.165) is 57.9 Å². The van der Waals surface area contributed by atoms with Crippen LogP contribution in [-0.2, 0) is 15.4 Å². The Labute approximate surface area is 202 Å². The van der Waals surface area contributed by atoms with Gasteiger partial charge in [-0.2, -0.15) is 0 Å². The van der Waals surface area contributed by atoms with Crippen LogP contribution in [-0.4, -0.2) is 52.7 Å². The third-order valence-electron chi connectivity index (χ3n) is 6.85. The quantitative estimate of drug-likeness (QED) is 0.354. The number of aromatic amines is 2. The van der Waals surface area contributed by atoms with Crippen molar-refractivity contribution >= 4 is 37.7 Å². The molecule has 2 aromatic carbocycles. The summed E-state index contributed by atoms with van der Waals surface area (Å²) in [6.07, 6.45) is 6.09. The number of aromatic nitrogens is 5. The van der Waals surface area contributed by atoms with Crippen LogP contribution in [0.2, 0.25) is 0 Å². The number of sulfone groups is 1. The lowest BCUT2D eigenvalue weighted by molar-refractivity contribution is 0.327. The molecule has 0 unspecified atom stereocenters. The third kappa shape index (κ3) is 3.75. The molecule has 0 aliphatic carbocycles. The van der Waals surface area contributed by atoms with E-state index in [4.69, 9.17) is 10.7 Å². The fourth-order valence-electron chi connectivity index (χ4n) is 4.86. The molecule has 6 rings (SSSR count). The highest BCUT2D eigenvalue weighted by molar-refractivity contribution is 7.90. The summed E-state index contributed by atoms with van der Waals surface area (Å²) in [4.78, 5) is 22.8. The molecular formula is C25H25N7O2S. The van der Waals surface area contributed by atoms with E-state index in [1.54, 1.807) is 24.5 Å². The standard InChI is InChI=1S/C25H25N7O2S/c1-35(33,34)17-5-2-4-16(14-17)18-6-3-7-20-21(18)31-24(30-20)25(26)9-12-32(13-10-25)23-19-8-11-27-22(19)28-15-29-23/h2-8,11,14-15H,9-10,12-13,26H2,1H3,(H,30,31)(H,27,28,29). The number of rotatable bonds is 4. The maximum atomic E-state index is 12.1. The predicted molar refractivity (Wildman–Crippen MR) is 136 cm³/mol. The molecule has 10 heteroatoms. The molecule has 0 amide bonds. The second-order valence-corrected chi connectivity index (χ2v) is 11.2. The summed E-state index contributed by atoms with van der Waals surface area (Å²) >= 11 is 0. The largest absolute Gasteiger partial charge is 0.356 e. The fourth-order valence-corrected chi connectivity index (χ4v) is 5.53. The lowest BCUT2D eigenvalue weighted by Crippen LogP contribution is -2.49. The van der Waals surface area contributed by atoms with Gasteiger partial charge in [-0.1, -0.05) is 24.3 Å². The van der Waals surface area contributed by atoms with Crippen LogP contribution in [0, 0.1) is 0 Å². The van der Waals surface area contributed by atoms with Crippen LogP contribution in [0.15, 0.2) is 66.0 Å². The molecule has 4 N–H and O–H groups in total. The Kier molecular flexibility index (Phi) is 4.90. The fraction of sp³-hybridized carbons (Fsp3) is 0.240. The summed E-state index contributed by atoms with van der Waals surface area (Å²) in [5, 5.41) is 1.00. The molecule has 0 bridgehead atoms. The van der Waals surface area contributed by atoms with E-state index in [-0.39, 0.29) is 4.90 Å². The molecule has 4 heterocycles.